The number of carboxylic acids is 1. The third-order valence-corrected chi connectivity index (χ3v) is 6.16. The van der Waals surface area contributed by atoms with Crippen LogP contribution in [-0.2, 0) is 17.6 Å². The number of anilines is 1. The number of aryl methyl sites for hydroxylation is 1. The molecule has 2 atom stereocenters. The largest absolute Gasteiger partial charge is 0.479 e. The molecule has 0 amide bonds. The maximum Gasteiger partial charge on any atom is 0.332 e. The molecule has 0 saturated carbocycles. The summed E-state index contributed by atoms with van der Waals surface area (Å²) < 4.78 is 0. The number of nitrogens with zero attached hydrogens (tertiary/aromatic N) is 3. The van der Waals surface area contributed by atoms with Crippen molar-refractivity contribution < 1.29 is 15.0 Å². The fourth-order valence-electron chi connectivity index (χ4n) is 4.31. The SMILES string of the molecule is CC(O)C(=O)O.CN1CCC[C@H]1c1cccnc1.Nc1c2c(nc3ccccc13)CCCC2. The molecule has 1 fully saturated rings. The van der Waals surface area contributed by atoms with Crippen LogP contribution in [0.15, 0.2) is 48.8 Å². The summed E-state index contributed by atoms with van der Waals surface area (Å²) in [7, 11) is 2.19. The molecule has 3 aromatic rings. The Kier molecular flexibility index (Phi) is 8.74. The first kappa shape index (κ1) is 24.6. The molecule has 0 spiro atoms. The Bertz CT molecular complexity index is 1060. The van der Waals surface area contributed by atoms with Gasteiger partial charge in [-0.05, 0) is 82.3 Å². The summed E-state index contributed by atoms with van der Waals surface area (Å²) in [6.45, 7) is 2.42. The Balaban J connectivity index is 0.000000153. The number of nitrogens with two attached hydrogens (primary N) is 1. The van der Waals surface area contributed by atoms with Crippen LogP contribution in [0.5, 0.6) is 0 Å². The second-order valence-corrected chi connectivity index (χ2v) is 8.61. The molecular formula is C26H34N4O3. The second-order valence-electron chi connectivity index (χ2n) is 8.61. The lowest BCUT2D eigenvalue weighted by atomic mass is 9.93. The van der Waals surface area contributed by atoms with Crippen molar-refractivity contribution in [2.45, 2.75) is 57.6 Å². The Hall–Kier alpha value is -3.03. The Morgan fingerprint density at radius 3 is 2.52 bits per heavy atom. The molecule has 7 heteroatoms. The van der Waals surface area contributed by atoms with Gasteiger partial charge in [0.15, 0.2) is 0 Å². The summed E-state index contributed by atoms with van der Waals surface area (Å²) in [6, 6.07) is 12.9. The Morgan fingerprint density at radius 1 is 1.15 bits per heavy atom. The van der Waals surface area contributed by atoms with E-state index in [9.17, 15) is 4.79 Å². The zero-order chi connectivity index (χ0) is 23.8. The first-order valence-electron chi connectivity index (χ1n) is 11.6. The van der Waals surface area contributed by atoms with Crippen molar-refractivity contribution in [2.75, 3.05) is 19.3 Å². The van der Waals surface area contributed by atoms with Crippen molar-refractivity contribution in [1.29, 1.82) is 0 Å². The van der Waals surface area contributed by atoms with Crippen LogP contribution in [0, 0.1) is 0 Å². The van der Waals surface area contributed by atoms with E-state index in [1.54, 1.807) is 0 Å². The highest BCUT2D eigenvalue weighted by molar-refractivity contribution is 5.92. The molecular weight excluding hydrogens is 416 g/mol. The first-order chi connectivity index (χ1) is 15.9. The van der Waals surface area contributed by atoms with E-state index in [0.29, 0.717) is 6.04 Å². The van der Waals surface area contributed by atoms with Crippen molar-refractivity contribution in [2.24, 2.45) is 0 Å². The smallest absolute Gasteiger partial charge is 0.332 e. The number of para-hydroxylation sites is 1. The molecule has 1 saturated heterocycles. The zero-order valence-corrected chi connectivity index (χ0v) is 19.4. The number of carbonyl (C=O) groups is 1. The predicted molar refractivity (Wildman–Crippen MR) is 131 cm³/mol. The monoisotopic (exact) mass is 450 g/mol. The quantitative estimate of drug-likeness (QED) is 0.541. The van der Waals surface area contributed by atoms with Crippen LogP contribution in [0.2, 0.25) is 0 Å². The highest BCUT2D eigenvalue weighted by Crippen LogP contribution is 2.31. The number of aliphatic carboxylic acids is 1. The summed E-state index contributed by atoms with van der Waals surface area (Å²) in [5.74, 6) is -1.19. The van der Waals surface area contributed by atoms with E-state index < -0.39 is 12.1 Å². The Labute approximate surface area is 195 Å². The van der Waals surface area contributed by atoms with Crippen molar-refractivity contribution >= 4 is 22.6 Å². The van der Waals surface area contributed by atoms with Crippen LogP contribution in [-0.4, -0.2) is 50.7 Å². The number of hydrogen-bond acceptors (Lipinski definition) is 6. The molecule has 1 aromatic carbocycles. The van der Waals surface area contributed by atoms with E-state index >= 15 is 0 Å². The lowest BCUT2D eigenvalue weighted by molar-refractivity contribution is -0.145. The molecule has 0 radical (unpaired) electrons. The fraction of sp³-hybridized carbons (Fsp3) is 0.423. The molecule has 7 nitrogen and oxygen atoms in total. The van der Waals surface area contributed by atoms with Gasteiger partial charge < -0.3 is 15.9 Å². The summed E-state index contributed by atoms with van der Waals surface area (Å²) in [6.07, 6.45) is 9.85. The third-order valence-electron chi connectivity index (χ3n) is 6.16. The molecule has 2 aliphatic rings. The van der Waals surface area contributed by atoms with Crippen molar-refractivity contribution in [3.8, 4) is 0 Å². The van der Waals surface area contributed by atoms with Gasteiger partial charge in [0, 0.05) is 35.2 Å². The first-order valence-corrected chi connectivity index (χ1v) is 11.6. The van der Waals surface area contributed by atoms with Crippen LogP contribution >= 0.6 is 0 Å². The highest BCUT2D eigenvalue weighted by atomic mass is 16.4. The van der Waals surface area contributed by atoms with E-state index in [0.717, 1.165) is 29.4 Å². The van der Waals surface area contributed by atoms with E-state index in [-0.39, 0.29) is 0 Å². The Morgan fingerprint density at radius 2 is 1.88 bits per heavy atom. The number of aromatic nitrogens is 2. The fourth-order valence-corrected chi connectivity index (χ4v) is 4.31. The average molecular weight is 451 g/mol. The van der Waals surface area contributed by atoms with Gasteiger partial charge in [-0.25, -0.2) is 4.79 Å². The summed E-state index contributed by atoms with van der Waals surface area (Å²) in [5, 5.41) is 16.9. The molecule has 1 unspecified atom stereocenters. The maximum absolute atomic E-state index is 9.45. The van der Waals surface area contributed by atoms with Gasteiger partial charge in [-0.3, -0.25) is 14.9 Å². The lowest BCUT2D eigenvalue weighted by Crippen LogP contribution is -2.17. The maximum atomic E-state index is 9.45. The number of benzene rings is 1. The van der Waals surface area contributed by atoms with Gasteiger partial charge in [-0.2, -0.15) is 0 Å². The number of aliphatic hydroxyl groups is 1. The number of pyridine rings is 2. The molecule has 33 heavy (non-hydrogen) atoms. The van der Waals surface area contributed by atoms with Crippen LogP contribution < -0.4 is 5.73 Å². The highest BCUT2D eigenvalue weighted by Gasteiger charge is 2.22. The molecule has 4 N–H and O–H groups in total. The van der Waals surface area contributed by atoms with Gasteiger partial charge in [0.2, 0.25) is 0 Å². The van der Waals surface area contributed by atoms with Crippen molar-refractivity contribution in [3.63, 3.8) is 0 Å². The number of hydrogen-bond donors (Lipinski definition) is 3. The average Bonchev–Trinajstić information content (AvgIpc) is 3.26. The summed E-state index contributed by atoms with van der Waals surface area (Å²) in [4.78, 5) is 20.7. The number of rotatable bonds is 2. The molecule has 5 rings (SSSR count). The van der Waals surface area contributed by atoms with Crippen LogP contribution in [0.1, 0.15) is 55.5 Å². The van der Waals surface area contributed by atoms with Gasteiger partial charge in [-0.15, -0.1) is 0 Å². The van der Waals surface area contributed by atoms with Crippen LogP contribution in [0.4, 0.5) is 5.69 Å². The molecule has 2 aromatic heterocycles. The van der Waals surface area contributed by atoms with Crippen molar-refractivity contribution in [1.82, 2.24) is 14.9 Å². The van der Waals surface area contributed by atoms with Gasteiger partial charge in [0.1, 0.15) is 6.10 Å². The minimum atomic E-state index is -1.23. The number of likely N-dealkylation sites (tertiary alicyclic amines) is 1. The van der Waals surface area contributed by atoms with Crippen LogP contribution in [0.25, 0.3) is 10.9 Å². The van der Waals surface area contributed by atoms with E-state index in [4.69, 9.17) is 20.9 Å². The number of aliphatic hydroxyl groups excluding tert-OH is 1. The summed E-state index contributed by atoms with van der Waals surface area (Å²) in [5.41, 5.74) is 12.1. The van der Waals surface area contributed by atoms with Crippen molar-refractivity contribution in [3.05, 3.63) is 65.6 Å². The zero-order valence-electron chi connectivity index (χ0n) is 19.4. The number of carboxylic acid groups (broad SMARTS) is 1. The van der Waals surface area contributed by atoms with Gasteiger partial charge >= 0.3 is 5.97 Å². The molecule has 0 bridgehead atoms. The minimum Gasteiger partial charge on any atom is -0.479 e. The molecule has 1 aliphatic carbocycles. The minimum absolute atomic E-state index is 0.610. The van der Waals surface area contributed by atoms with E-state index in [1.165, 1.54) is 56.0 Å². The predicted octanol–water partition coefficient (Wildman–Crippen LogP) is 4.00. The van der Waals surface area contributed by atoms with Gasteiger partial charge in [-0.1, -0.05) is 24.3 Å². The number of nitrogen functional groups attached to an aromatic ring is 1. The number of fused-ring (bicyclic) bond motifs is 2. The molecule has 1 aliphatic heterocycles. The standard InChI is InChI=1S/C13H14N2.C10H14N2.C3H6O3/c14-13-9-5-1-3-7-11(9)15-12-8-4-2-6-10(12)13;1-12-7-3-5-10(12)9-4-2-6-11-8-9;1-2(4)3(5)6/h1,3,5,7H,2,4,6,8H2,(H2,14,15);2,4,6,8,10H,3,5,7H2,1H3;2,4H,1H3,(H,5,6)/t;10-;/m.0./s1. The van der Waals surface area contributed by atoms with E-state index in [2.05, 4.69) is 29.1 Å². The summed E-state index contributed by atoms with van der Waals surface area (Å²) >= 11 is 0. The second kappa shape index (κ2) is 11.7. The normalized spacial score (nSPS) is 18.3. The van der Waals surface area contributed by atoms with Gasteiger partial charge in [0.05, 0.1) is 5.52 Å². The molecule has 176 valence electrons. The van der Waals surface area contributed by atoms with E-state index in [1.807, 2.05) is 36.7 Å². The molecule has 3 heterocycles. The third kappa shape index (κ3) is 6.49. The van der Waals surface area contributed by atoms with Crippen LogP contribution in [0.3, 0.4) is 0 Å². The van der Waals surface area contributed by atoms with Gasteiger partial charge in [0.25, 0.3) is 0 Å². The topological polar surface area (TPSA) is 113 Å². The lowest BCUT2D eigenvalue weighted by Gasteiger charge is -2.18.